The number of unbranched alkanes of at least 4 members (excludes halogenated alkanes) is 1. The van der Waals surface area contributed by atoms with E-state index in [1.165, 1.54) is 0 Å². The minimum Gasteiger partial charge on any atom is -0.330 e. The minimum absolute atomic E-state index is 0.327. The van der Waals surface area contributed by atoms with Gasteiger partial charge in [-0.05, 0) is 18.9 Å². The van der Waals surface area contributed by atoms with Crippen LogP contribution in [0.5, 0.6) is 0 Å². The van der Waals surface area contributed by atoms with E-state index in [1.807, 2.05) is 13.0 Å². The average Bonchev–Trinajstić information content (AvgIpc) is 2.05. The summed E-state index contributed by atoms with van der Waals surface area (Å²) in [4.78, 5) is 0. The van der Waals surface area contributed by atoms with E-state index >= 15 is 0 Å². The maximum atomic E-state index is 11.2. The lowest BCUT2D eigenvalue weighted by Gasteiger charge is -2.06. The van der Waals surface area contributed by atoms with Crippen molar-refractivity contribution < 1.29 is 4.21 Å². The number of hydrogen-bond acceptors (Lipinski definition) is 3. The third-order valence-corrected chi connectivity index (χ3v) is 3.22. The number of hydrogen-bond donors (Lipinski definition) is 1. The molecule has 0 aromatic carbocycles. The summed E-state index contributed by atoms with van der Waals surface area (Å²) in [6, 6.07) is 2.03. The molecule has 2 N–H and O–H groups in total. The van der Waals surface area contributed by atoms with Crippen LogP contribution in [0.4, 0.5) is 0 Å². The van der Waals surface area contributed by atoms with Gasteiger partial charge in [-0.15, -0.1) is 0 Å². The fourth-order valence-corrected chi connectivity index (χ4v) is 2.18. The smallest absolute Gasteiger partial charge is 0.0622 e. The van der Waals surface area contributed by atoms with E-state index in [4.69, 9.17) is 11.0 Å². The molecule has 0 heterocycles. The van der Waals surface area contributed by atoms with Crippen LogP contribution in [0.3, 0.4) is 0 Å². The highest BCUT2D eigenvalue weighted by molar-refractivity contribution is 7.84. The first-order valence-electron chi connectivity index (χ1n) is 4.12. The van der Waals surface area contributed by atoms with Crippen molar-refractivity contribution in [2.24, 2.45) is 11.7 Å². The summed E-state index contributed by atoms with van der Waals surface area (Å²) in [6.45, 7) is 2.58. The van der Waals surface area contributed by atoms with Crippen LogP contribution in [0.1, 0.15) is 19.8 Å². The van der Waals surface area contributed by atoms with Gasteiger partial charge in [0, 0.05) is 28.7 Å². The molecule has 0 radical (unpaired) electrons. The molecule has 70 valence electrons. The van der Waals surface area contributed by atoms with E-state index in [0.717, 1.165) is 6.42 Å². The Balaban J connectivity index is 3.41. The van der Waals surface area contributed by atoms with Crippen molar-refractivity contribution in [1.29, 1.82) is 5.26 Å². The molecule has 0 saturated carbocycles. The Morgan fingerprint density at radius 1 is 1.67 bits per heavy atom. The van der Waals surface area contributed by atoms with Crippen LogP contribution in [0.15, 0.2) is 0 Å². The molecule has 3 nitrogen and oxygen atoms in total. The van der Waals surface area contributed by atoms with Gasteiger partial charge >= 0.3 is 0 Å². The molecule has 0 aromatic heterocycles. The van der Waals surface area contributed by atoms with Crippen molar-refractivity contribution in [3.05, 3.63) is 0 Å². The molecule has 0 rings (SSSR count). The Morgan fingerprint density at radius 3 is 2.83 bits per heavy atom. The molecule has 0 aliphatic heterocycles. The maximum absolute atomic E-state index is 11.2. The van der Waals surface area contributed by atoms with E-state index in [1.54, 1.807) is 0 Å². The standard InChI is InChI=1S/C8H16N2OS/c1-8(6-10)7-12(11)5-3-2-4-9/h8H,2-3,5-7,10H2,1H3. The molecule has 0 aliphatic carbocycles. The SMILES string of the molecule is CC(CN)CS(=O)CCCC#N. The molecule has 0 fully saturated rings. The van der Waals surface area contributed by atoms with Gasteiger partial charge in [-0.3, -0.25) is 4.21 Å². The van der Waals surface area contributed by atoms with Crippen LogP contribution < -0.4 is 5.73 Å². The summed E-state index contributed by atoms with van der Waals surface area (Å²) in [6.07, 6.45) is 1.24. The second-order valence-electron chi connectivity index (χ2n) is 2.91. The Kier molecular flexibility index (Phi) is 7.02. The maximum Gasteiger partial charge on any atom is 0.0622 e. The van der Waals surface area contributed by atoms with Gasteiger partial charge in [-0.1, -0.05) is 6.92 Å². The first kappa shape index (κ1) is 11.6. The predicted octanol–water partition coefficient (Wildman–Crippen LogP) is 0.634. The summed E-state index contributed by atoms with van der Waals surface area (Å²) in [7, 11) is -0.783. The Labute approximate surface area is 76.4 Å². The highest BCUT2D eigenvalue weighted by Crippen LogP contribution is 1.98. The molecule has 0 amide bonds. The van der Waals surface area contributed by atoms with Gasteiger partial charge in [0.25, 0.3) is 0 Å². The number of nitrogens with zero attached hydrogens (tertiary/aromatic N) is 1. The number of nitrogens with two attached hydrogens (primary N) is 1. The molecule has 0 spiro atoms. The first-order valence-corrected chi connectivity index (χ1v) is 5.61. The first-order chi connectivity index (χ1) is 5.70. The van der Waals surface area contributed by atoms with E-state index in [0.29, 0.717) is 30.4 Å². The van der Waals surface area contributed by atoms with E-state index in [9.17, 15) is 4.21 Å². The fourth-order valence-electron chi connectivity index (χ4n) is 0.781. The van der Waals surface area contributed by atoms with Crippen LogP contribution in [-0.4, -0.2) is 22.3 Å². The highest BCUT2D eigenvalue weighted by atomic mass is 32.2. The Morgan fingerprint density at radius 2 is 2.33 bits per heavy atom. The molecule has 0 aromatic rings. The lowest BCUT2D eigenvalue weighted by Crippen LogP contribution is -2.18. The molecule has 12 heavy (non-hydrogen) atoms. The Bertz CT molecular complexity index is 176. The van der Waals surface area contributed by atoms with Gasteiger partial charge < -0.3 is 5.73 Å². The largest absolute Gasteiger partial charge is 0.330 e. The van der Waals surface area contributed by atoms with Crippen LogP contribution in [0, 0.1) is 17.2 Å². The predicted molar refractivity (Wildman–Crippen MR) is 50.9 cm³/mol. The summed E-state index contributed by atoms with van der Waals surface area (Å²) in [5, 5.41) is 8.24. The van der Waals surface area contributed by atoms with Crippen molar-refractivity contribution in [2.75, 3.05) is 18.1 Å². The van der Waals surface area contributed by atoms with Crippen molar-refractivity contribution in [2.45, 2.75) is 19.8 Å². The second-order valence-corrected chi connectivity index (χ2v) is 4.53. The molecule has 0 bridgehead atoms. The zero-order valence-electron chi connectivity index (χ0n) is 7.45. The molecule has 0 aliphatic rings. The van der Waals surface area contributed by atoms with Crippen molar-refractivity contribution in [3.8, 4) is 6.07 Å². The van der Waals surface area contributed by atoms with Gasteiger partial charge in [0.1, 0.15) is 0 Å². The van der Waals surface area contributed by atoms with Crippen LogP contribution in [0.25, 0.3) is 0 Å². The topological polar surface area (TPSA) is 66.9 Å². The zero-order valence-corrected chi connectivity index (χ0v) is 8.27. The summed E-state index contributed by atoms with van der Waals surface area (Å²) >= 11 is 0. The van der Waals surface area contributed by atoms with Crippen molar-refractivity contribution in [1.82, 2.24) is 0 Å². The fraction of sp³-hybridized carbons (Fsp3) is 0.875. The third kappa shape index (κ3) is 6.32. The monoisotopic (exact) mass is 188 g/mol. The summed E-state index contributed by atoms with van der Waals surface area (Å²) in [5.74, 6) is 1.63. The van der Waals surface area contributed by atoms with Gasteiger partial charge in [0.05, 0.1) is 6.07 Å². The van der Waals surface area contributed by atoms with Gasteiger partial charge in [0.2, 0.25) is 0 Å². The van der Waals surface area contributed by atoms with Gasteiger partial charge in [-0.2, -0.15) is 5.26 Å². The number of nitriles is 1. The minimum atomic E-state index is -0.783. The Hall–Kier alpha value is -0.400. The highest BCUT2D eigenvalue weighted by Gasteiger charge is 2.04. The molecule has 4 heteroatoms. The van der Waals surface area contributed by atoms with Crippen LogP contribution in [0.2, 0.25) is 0 Å². The lowest BCUT2D eigenvalue weighted by atomic mass is 10.2. The van der Waals surface area contributed by atoms with Gasteiger partial charge in [-0.25, -0.2) is 0 Å². The van der Waals surface area contributed by atoms with E-state index in [2.05, 4.69) is 0 Å². The molecule has 2 unspecified atom stereocenters. The molecular weight excluding hydrogens is 172 g/mol. The summed E-state index contributed by atoms with van der Waals surface area (Å²) < 4.78 is 11.2. The zero-order chi connectivity index (χ0) is 9.40. The molecule has 2 atom stereocenters. The summed E-state index contributed by atoms with van der Waals surface area (Å²) in [5.41, 5.74) is 5.39. The molecular formula is C8H16N2OS. The van der Waals surface area contributed by atoms with Crippen LogP contribution >= 0.6 is 0 Å². The lowest BCUT2D eigenvalue weighted by molar-refractivity contribution is 0.639. The van der Waals surface area contributed by atoms with Gasteiger partial charge in [0.15, 0.2) is 0 Å². The normalized spacial score (nSPS) is 15.1. The second kappa shape index (κ2) is 7.26. The molecule has 0 saturated heterocycles. The third-order valence-electron chi connectivity index (χ3n) is 1.53. The van der Waals surface area contributed by atoms with E-state index < -0.39 is 10.8 Å². The van der Waals surface area contributed by atoms with Crippen molar-refractivity contribution in [3.63, 3.8) is 0 Å². The average molecular weight is 188 g/mol. The van der Waals surface area contributed by atoms with Crippen LogP contribution in [-0.2, 0) is 10.8 Å². The number of rotatable bonds is 6. The van der Waals surface area contributed by atoms with E-state index in [-0.39, 0.29) is 0 Å². The quantitative estimate of drug-likeness (QED) is 0.622. The van der Waals surface area contributed by atoms with Crippen molar-refractivity contribution >= 4 is 10.8 Å².